The quantitative estimate of drug-likeness (QED) is 0.890. The maximum absolute atomic E-state index is 13.2. The zero-order valence-electron chi connectivity index (χ0n) is 10.7. The van der Waals surface area contributed by atoms with E-state index in [1.807, 2.05) is 0 Å². The number of nitrogens with one attached hydrogen (secondary N) is 2. The molecule has 0 atom stereocenters. The van der Waals surface area contributed by atoms with Gasteiger partial charge < -0.3 is 10.6 Å². The second-order valence-electron chi connectivity index (χ2n) is 4.88. The maximum atomic E-state index is 13.2. The second-order valence-corrected chi connectivity index (χ2v) is 5.29. The van der Waals surface area contributed by atoms with Gasteiger partial charge in [-0.3, -0.25) is 4.79 Å². The molecule has 3 nitrogen and oxygen atoms in total. The second kappa shape index (κ2) is 6.75. The van der Waals surface area contributed by atoms with Gasteiger partial charge in [-0.25, -0.2) is 4.39 Å². The summed E-state index contributed by atoms with van der Waals surface area (Å²) >= 11 is 5.59. The Morgan fingerprint density at radius 2 is 2.05 bits per heavy atom. The molecule has 1 amide bonds. The Morgan fingerprint density at radius 3 is 2.74 bits per heavy atom. The number of hydrogen-bond acceptors (Lipinski definition) is 2. The first kappa shape index (κ1) is 14.1. The van der Waals surface area contributed by atoms with Gasteiger partial charge in [-0.05, 0) is 31.0 Å². The van der Waals surface area contributed by atoms with Gasteiger partial charge in [0.2, 0.25) is 5.91 Å². The first-order chi connectivity index (χ1) is 9.15. The summed E-state index contributed by atoms with van der Waals surface area (Å²) in [5.41, 5.74) is 0.556. The predicted octanol–water partition coefficient (Wildman–Crippen LogP) is 3.34. The van der Waals surface area contributed by atoms with E-state index in [9.17, 15) is 9.18 Å². The molecule has 2 N–H and O–H groups in total. The summed E-state index contributed by atoms with van der Waals surface area (Å²) < 4.78 is 13.2. The summed E-state index contributed by atoms with van der Waals surface area (Å²) in [6.07, 6.45) is 5.73. The van der Waals surface area contributed by atoms with Gasteiger partial charge in [-0.1, -0.05) is 30.9 Å². The van der Waals surface area contributed by atoms with Gasteiger partial charge in [0.05, 0.1) is 11.6 Å². The van der Waals surface area contributed by atoms with Gasteiger partial charge in [-0.2, -0.15) is 0 Å². The topological polar surface area (TPSA) is 41.1 Å². The fourth-order valence-corrected chi connectivity index (χ4v) is 2.43. The van der Waals surface area contributed by atoms with Crippen LogP contribution in [-0.4, -0.2) is 18.5 Å². The molecule has 104 valence electrons. The van der Waals surface area contributed by atoms with Crippen molar-refractivity contribution in [3.63, 3.8) is 0 Å². The SMILES string of the molecule is O=C(CNc1ccc(Cl)c(F)c1)NC1CCCCC1. The molecule has 1 aliphatic carbocycles. The van der Waals surface area contributed by atoms with Gasteiger partial charge in [0.1, 0.15) is 5.82 Å². The molecule has 0 saturated heterocycles. The third kappa shape index (κ3) is 4.39. The van der Waals surface area contributed by atoms with Crippen molar-refractivity contribution in [2.45, 2.75) is 38.1 Å². The lowest BCUT2D eigenvalue weighted by molar-refractivity contribution is -0.120. The van der Waals surface area contributed by atoms with Crippen LogP contribution in [0.2, 0.25) is 5.02 Å². The molecule has 0 aliphatic heterocycles. The van der Waals surface area contributed by atoms with Crippen LogP contribution < -0.4 is 10.6 Å². The van der Waals surface area contributed by atoms with Crippen LogP contribution in [-0.2, 0) is 4.79 Å². The number of hydrogen-bond donors (Lipinski definition) is 2. The van der Waals surface area contributed by atoms with E-state index in [4.69, 9.17) is 11.6 Å². The summed E-state index contributed by atoms with van der Waals surface area (Å²) in [5, 5.41) is 5.97. The van der Waals surface area contributed by atoms with Crippen LogP contribution >= 0.6 is 11.6 Å². The summed E-state index contributed by atoms with van der Waals surface area (Å²) in [5.74, 6) is -0.540. The number of amides is 1. The number of benzene rings is 1. The number of rotatable bonds is 4. The van der Waals surface area contributed by atoms with E-state index in [-0.39, 0.29) is 17.5 Å². The smallest absolute Gasteiger partial charge is 0.239 e. The lowest BCUT2D eigenvalue weighted by atomic mass is 9.95. The van der Waals surface area contributed by atoms with E-state index >= 15 is 0 Å². The maximum Gasteiger partial charge on any atom is 0.239 e. The fraction of sp³-hybridized carbons (Fsp3) is 0.500. The largest absolute Gasteiger partial charge is 0.376 e. The van der Waals surface area contributed by atoms with Crippen molar-refractivity contribution < 1.29 is 9.18 Å². The molecule has 0 radical (unpaired) electrons. The highest BCUT2D eigenvalue weighted by molar-refractivity contribution is 6.30. The molecule has 1 aliphatic rings. The third-order valence-electron chi connectivity index (χ3n) is 3.34. The average molecular weight is 285 g/mol. The molecule has 1 aromatic rings. The van der Waals surface area contributed by atoms with Gasteiger partial charge in [-0.15, -0.1) is 0 Å². The molecule has 0 heterocycles. The predicted molar refractivity (Wildman–Crippen MR) is 74.9 cm³/mol. The minimum atomic E-state index is -0.487. The summed E-state index contributed by atoms with van der Waals surface area (Å²) in [6, 6.07) is 4.71. The highest BCUT2D eigenvalue weighted by Gasteiger charge is 2.15. The summed E-state index contributed by atoms with van der Waals surface area (Å²) in [6.45, 7) is 0.150. The molecule has 0 aromatic heterocycles. The van der Waals surface area contributed by atoms with Crippen molar-refractivity contribution in [1.29, 1.82) is 0 Å². The average Bonchev–Trinajstić information content (AvgIpc) is 2.41. The van der Waals surface area contributed by atoms with Crippen LogP contribution in [0.1, 0.15) is 32.1 Å². The van der Waals surface area contributed by atoms with Crippen LogP contribution in [0.25, 0.3) is 0 Å². The molecule has 19 heavy (non-hydrogen) atoms. The van der Waals surface area contributed by atoms with Crippen molar-refractivity contribution in [3.05, 3.63) is 29.0 Å². The molecule has 0 spiro atoms. The molecule has 2 rings (SSSR count). The Labute approximate surface area is 117 Å². The van der Waals surface area contributed by atoms with Crippen LogP contribution in [0.5, 0.6) is 0 Å². The number of carbonyl (C=O) groups is 1. The molecular weight excluding hydrogens is 267 g/mol. The molecule has 1 saturated carbocycles. The minimum absolute atomic E-state index is 0.0535. The van der Waals surface area contributed by atoms with Gasteiger partial charge in [0, 0.05) is 11.7 Å². The van der Waals surface area contributed by atoms with Crippen LogP contribution in [0.3, 0.4) is 0 Å². The van der Waals surface area contributed by atoms with E-state index in [2.05, 4.69) is 10.6 Å². The van der Waals surface area contributed by atoms with E-state index in [0.29, 0.717) is 11.7 Å². The highest BCUT2D eigenvalue weighted by atomic mass is 35.5. The summed E-state index contributed by atoms with van der Waals surface area (Å²) in [4.78, 5) is 11.7. The third-order valence-corrected chi connectivity index (χ3v) is 3.65. The first-order valence-corrected chi connectivity index (χ1v) is 7.01. The molecule has 0 bridgehead atoms. The Kier molecular flexibility index (Phi) is 5.02. The number of carbonyl (C=O) groups excluding carboxylic acids is 1. The van der Waals surface area contributed by atoms with Crippen molar-refractivity contribution in [2.24, 2.45) is 0 Å². The molecule has 1 fully saturated rings. The van der Waals surface area contributed by atoms with Crippen molar-refractivity contribution in [1.82, 2.24) is 5.32 Å². The Hall–Kier alpha value is -1.29. The lowest BCUT2D eigenvalue weighted by Gasteiger charge is -2.22. The number of anilines is 1. The highest BCUT2D eigenvalue weighted by Crippen LogP contribution is 2.19. The lowest BCUT2D eigenvalue weighted by Crippen LogP contribution is -2.39. The molecular formula is C14H18ClFN2O. The zero-order valence-corrected chi connectivity index (χ0v) is 11.5. The van der Waals surface area contributed by atoms with E-state index in [0.717, 1.165) is 12.8 Å². The zero-order chi connectivity index (χ0) is 13.7. The van der Waals surface area contributed by atoms with Crippen LogP contribution in [0.4, 0.5) is 10.1 Å². The summed E-state index contributed by atoms with van der Waals surface area (Å²) in [7, 11) is 0. The van der Waals surface area contributed by atoms with Crippen LogP contribution in [0.15, 0.2) is 18.2 Å². The van der Waals surface area contributed by atoms with E-state index < -0.39 is 5.82 Å². The molecule has 1 aromatic carbocycles. The van der Waals surface area contributed by atoms with Crippen LogP contribution in [0, 0.1) is 5.82 Å². The van der Waals surface area contributed by atoms with Gasteiger partial charge in [0.25, 0.3) is 0 Å². The first-order valence-electron chi connectivity index (χ1n) is 6.63. The Bertz CT molecular complexity index is 447. The van der Waals surface area contributed by atoms with Gasteiger partial charge in [0.15, 0.2) is 0 Å². The van der Waals surface area contributed by atoms with Gasteiger partial charge >= 0.3 is 0 Å². The standard InChI is InChI=1S/C14H18ClFN2O/c15-12-7-6-11(8-13(12)16)17-9-14(19)18-10-4-2-1-3-5-10/h6-8,10,17H,1-5,9H2,(H,18,19). The van der Waals surface area contributed by atoms with Crippen molar-refractivity contribution >= 4 is 23.2 Å². The van der Waals surface area contributed by atoms with E-state index in [1.165, 1.54) is 31.4 Å². The Balaban J connectivity index is 1.77. The minimum Gasteiger partial charge on any atom is -0.376 e. The fourth-order valence-electron chi connectivity index (χ4n) is 2.31. The molecule has 0 unspecified atom stereocenters. The van der Waals surface area contributed by atoms with Crippen molar-refractivity contribution in [3.8, 4) is 0 Å². The monoisotopic (exact) mass is 284 g/mol. The number of halogens is 2. The van der Waals surface area contributed by atoms with E-state index in [1.54, 1.807) is 6.07 Å². The Morgan fingerprint density at radius 1 is 1.32 bits per heavy atom. The normalized spacial score (nSPS) is 16.1. The van der Waals surface area contributed by atoms with Crippen molar-refractivity contribution in [2.75, 3.05) is 11.9 Å². The molecule has 5 heteroatoms.